The minimum Gasteiger partial charge on any atom is -0.368 e. The van der Waals surface area contributed by atoms with Crippen molar-refractivity contribution in [2.24, 2.45) is 0 Å². The Kier molecular flexibility index (Phi) is 5.63. The average Bonchev–Trinajstić information content (AvgIpc) is 2.61. The molecule has 4 nitrogen and oxygen atoms in total. The largest absolute Gasteiger partial charge is 0.417 e. The van der Waals surface area contributed by atoms with Gasteiger partial charge in [-0.3, -0.25) is 0 Å². The van der Waals surface area contributed by atoms with Crippen LogP contribution in [0, 0.1) is 0 Å². The van der Waals surface area contributed by atoms with Crippen LogP contribution in [0.25, 0.3) is 0 Å². The molecule has 1 saturated heterocycles. The molecule has 0 saturated carbocycles. The zero-order valence-electron chi connectivity index (χ0n) is 13.9. The maximum absolute atomic E-state index is 13.3. The van der Waals surface area contributed by atoms with Crippen LogP contribution in [-0.4, -0.2) is 38.9 Å². The number of benzene rings is 2. The molecule has 2 aromatic carbocycles. The smallest absolute Gasteiger partial charge is 0.368 e. The number of piperazine rings is 1. The van der Waals surface area contributed by atoms with Gasteiger partial charge in [0.2, 0.25) is 10.0 Å². The van der Waals surface area contributed by atoms with Gasteiger partial charge in [0.15, 0.2) is 0 Å². The van der Waals surface area contributed by atoms with E-state index in [4.69, 9.17) is 23.2 Å². The van der Waals surface area contributed by atoms with E-state index in [0.29, 0.717) is 24.2 Å². The highest BCUT2D eigenvalue weighted by molar-refractivity contribution is 7.89. The number of anilines is 1. The monoisotopic (exact) mass is 438 g/mol. The summed E-state index contributed by atoms with van der Waals surface area (Å²) >= 11 is 11.8. The lowest BCUT2D eigenvalue weighted by atomic mass is 10.2. The van der Waals surface area contributed by atoms with Crippen molar-refractivity contribution in [1.82, 2.24) is 4.31 Å². The van der Waals surface area contributed by atoms with E-state index in [-0.39, 0.29) is 18.1 Å². The molecule has 1 aliphatic rings. The molecule has 146 valence electrons. The first-order chi connectivity index (χ1) is 12.6. The molecule has 0 N–H and O–H groups in total. The van der Waals surface area contributed by atoms with Gasteiger partial charge in [-0.1, -0.05) is 35.3 Å². The second-order valence-corrected chi connectivity index (χ2v) is 8.73. The van der Waals surface area contributed by atoms with Gasteiger partial charge in [-0.05, 0) is 30.3 Å². The van der Waals surface area contributed by atoms with Crippen LogP contribution >= 0.6 is 23.2 Å². The van der Waals surface area contributed by atoms with Gasteiger partial charge in [-0.2, -0.15) is 17.5 Å². The third-order valence-corrected chi connectivity index (χ3v) is 6.81. The van der Waals surface area contributed by atoms with Crippen molar-refractivity contribution in [2.45, 2.75) is 11.1 Å². The first kappa shape index (κ1) is 20.3. The zero-order chi connectivity index (χ0) is 19.8. The number of rotatable bonds is 3. The van der Waals surface area contributed by atoms with E-state index in [2.05, 4.69) is 0 Å². The van der Waals surface area contributed by atoms with Crippen LogP contribution in [0.3, 0.4) is 0 Å². The summed E-state index contributed by atoms with van der Waals surface area (Å²) in [5, 5.41) is 0.357. The SMILES string of the molecule is O=S(=O)(c1ccc(Cl)cc1C(F)(F)F)N1CCN(c2ccccc2Cl)CC1. The lowest BCUT2D eigenvalue weighted by molar-refractivity contribution is -0.139. The van der Waals surface area contributed by atoms with Crippen molar-refractivity contribution in [2.75, 3.05) is 31.1 Å². The third-order valence-electron chi connectivity index (χ3n) is 4.30. The molecular formula is C17H15Cl2F3N2O2S. The summed E-state index contributed by atoms with van der Waals surface area (Å²) in [6.45, 7) is 0.733. The van der Waals surface area contributed by atoms with E-state index < -0.39 is 26.7 Å². The summed E-state index contributed by atoms with van der Waals surface area (Å²) in [5.41, 5.74) is -0.498. The molecule has 2 aromatic rings. The number of alkyl halides is 3. The molecular weight excluding hydrogens is 424 g/mol. The zero-order valence-corrected chi connectivity index (χ0v) is 16.2. The Bertz CT molecular complexity index is 943. The molecule has 0 amide bonds. The van der Waals surface area contributed by atoms with Gasteiger partial charge in [-0.25, -0.2) is 8.42 Å². The lowest BCUT2D eigenvalue weighted by Crippen LogP contribution is -2.49. The lowest BCUT2D eigenvalue weighted by Gasteiger charge is -2.36. The Balaban J connectivity index is 1.85. The Labute approximate surface area is 165 Å². The maximum Gasteiger partial charge on any atom is 0.417 e. The van der Waals surface area contributed by atoms with E-state index in [1.54, 1.807) is 12.1 Å². The molecule has 1 heterocycles. The van der Waals surface area contributed by atoms with Crippen molar-refractivity contribution in [1.29, 1.82) is 0 Å². The Morgan fingerprint density at radius 2 is 1.56 bits per heavy atom. The highest BCUT2D eigenvalue weighted by Gasteiger charge is 2.40. The molecule has 0 unspecified atom stereocenters. The topological polar surface area (TPSA) is 40.6 Å². The van der Waals surface area contributed by atoms with E-state index in [9.17, 15) is 21.6 Å². The van der Waals surface area contributed by atoms with Gasteiger partial charge < -0.3 is 4.90 Å². The fraction of sp³-hybridized carbons (Fsp3) is 0.294. The number of halogens is 5. The second-order valence-electron chi connectivity index (χ2n) is 5.98. The van der Waals surface area contributed by atoms with Gasteiger partial charge >= 0.3 is 6.18 Å². The number of nitrogens with zero attached hydrogens (tertiary/aromatic N) is 2. The quantitative estimate of drug-likeness (QED) is 0.706. The van der Waals surface area contributed by atoms with Gasteiger partial charge in [0.25, 0.3) is 0 Å². The van der Waals surface area contributed by atoms with E-state index in [1.165, 1.54) is 0 Å². The van der Waals surface area contributed by atoms with Gasteiger partial charge in [0.05, 0.1) is 21.2 Å². The Morgan fingerprint density at radius 3 is 2.15 bits per heavy atom. The highest BCUT2D eigenvalue weighted by Crippen LogP contribution is 2.37. The number of para-hydroxylation sites is 1. The van der Waals surface area contributed by atoms with Crippen LogP contribution < -0.4 is 4.90 Å². The molecule has 27 heavy (non-hydrogen) atoms. The number of hydrogen-bond donors (Lipinski definition) is 0. The molecule has 0 aliphatic carbocycles. The highest BCUT2D eigenvalue weighted by atomic mass is 35.5. The Hall–Kier alpha value is -1.48. The molecule has 0 bridgehead atoms. The van der Waals surface area contributed by atoms with Gasteiger partial charge in [-0.15, -0.1) is 0 Å². The second kappa shape index (κ2) is 7.50. The summed E-state index contributed by atoms with van der Waals surface area (Å²) in [7, 11) is -4.31. The minimum absolute atomic E-state index is 0.0491. The molecule has 0 atom stereocenters. The molecule has 10 heteroatoms. The summed E-state index contributed by atoms with van der Waals surface area (Å²) in [6.07, 6.45) is -4.83. The minimum atomic E-state index is -4.83. The van der Waals surface area contributed by atoms with Gasteiger partial charge in [0, 0.05) is 31.2 Å². The molecule has 3 rings (SSSR count). The fourth-order valence-electron chi connectivity index (χ4n) is 2.97. The third kappa shape index (κ3) is 4.18. The normalized spacial score (nSPS) is 16.6. The first-order valence-corrected chi connectivity index (χ1v) is 10.2. The van der Waals surface area contributed by atoms with Crippen molar-refractivity contribution in [3.05, 3.63) is 58.1 Å². The van der Waals surface area contributed by atoms with E-state index in [1.807, 2.05) is 17.0 Å². The van der Waals surface area contributed by atoms with Crippen LogP contribution in [0.2, 0.25) is 10.0 Å². The van der Waals surface area contributed by atoms with E-state index in [0.717, 1.165) is 22.1 Å². The molecule has 0 radical (unpaired) electrons. The predicted octanol–water partition coefficient (Wildman–Crippen LogP) is 4.52. The fourth-order valence-corrected chi connectivity index (χ4v) is 5.01. The van der Waals surface area contributed by atoms with Crippen LogP contribution in [0.1, 0.15) is 5.56 Å². The van der Waals surface area contributed by atoms with Crippen LogP contribution in [0.5, 0.6) is 0 Å². The molecule has 1 aliphatic heterocycles. The van der Waals surface area contributed by atoms with E-state index >= 15 is 0 Å². The molecule has 0 spiro atoms. The summed E-state index contributed by atoms with van der Waals surface area (Å²) in [5.74, 6) is 0. The maximum atomic E-state index is 13.3. The predicted molar refractivity (Wildman–Crippen MR) is 98.9 cm³/mol. The first-order valence-electron chi connectivity index (χ1n) is 7.97. The van der Waals surface area contributed by atoms with Crippen molar-refractivity contribution in [3.63, 3.8) is 0 Å². The number of hydrogen-bond acceptors (Lipinski definition) is 3. The Morgan fingerprint density at radius 1 is 0.926 bits per heavy atom. The molecule has 0 aromatic heterocycles. The standard InChI is InChI=1S/C17H15Cl2F3N2O2S/c18-12-5-6-16(13(11-12)17(20,21)22)27(25,26)24-9-7-23(8-10-24)15-4-2-1-3-14(15)19/h1-6,11H,7-10H2. The van der Waals surface area contributed by atoms with Crippen molar-refractivity contribution < 1.29 is 21.6 Å². The van der Waals surface area contributed by atoms with Crippen LogP contribution in [-0.2, 0) is 16.2 Å². The molecule has 1 fully saturated rings. The number of sulfonamides is 1. The van der Waals surface area contributed by atoms with Crippen LogP contribution in [0.15, 0.2) is 47.4 Å². The summed E-state index contributed by atoms with van der Waals surface area (Å²) in [4.78, 5) is 1.12. The van der Waals surface area contributed by atoms with Gasteiger partial charge in [0.1, 0.15) is 0 Å². The average molecular weight is 439 g/mol. The summed E-state index contributed by atoms with van der Waals surface area (Å²) < 4.78 is 66.6. The van der Waals surface area contributed by atoms with Crippen molar-refractivity contribution >= 4 is 38.9 Å². The van der Waals surface area contributed by atoms with Crippen LogP contribution in [0.4, 0.5) is 18.9 Å². The van der Waals surface area contributed by atoms with Crippen molar-refractivity contribution in [3.8, 4) is 0 Å². The summed E-state index contributed by atoms with van der Waals surface area (Å²) in [6, 6.07) is 9.81.